The summed E-state index contributed by atoms with van der Waals surface area (Å²) in [4.78, 5) is 29.5. The fourth-order valence-corrected chi connectivity index (χ4v) is 5.93. The summed E-state index contributed by atoms with van der Waals surface area (Å²) in [6.07, 6.45) is 7.78. The second kappa shape index (κ2) is 11.7. The molecule has 6 nitrogen and oxygen atoms in total. The SMILES string of the molecule is CCC(CC)CN(CCCN1[C@@H]2CC[C@H]1C[C@@H](c1cccc(C(N)=O)c1)C2)C(=O)C(C)(C)CO. The molecule has 0 radical (unpaired) electrons. The zero-order valence-corrected chi connectivity index (χ0v) is 21.6. The van der Waals surface area contributed by atoms with Crippen molar-refractivity contribution in [3.63, 3.8) is 0 Å². The minimum Gasteiger partial charge on any atom is -0.395 e. The van der Waals surface area contributed by atoms with Crippen molar-refractivity contribution >= 4 is 11.8 Å². The Morgan fingerprint density at radius 3 is 2.38 bits per heavy atom. The fourth-order valence-electron chi connectivity index (χ4n) is 5.93. The van der Waals surface area contributed by atoms with Crippen LogP contribution in [0.4, 0.5) is 0 Å². The Kier molecular flexibility index (Phi) is 9.16. The number of fused-ring (bicyclic) bond motifs is 2. The van der Waals surface area contributed by atoms with Crippen LogP contribution in [-0.2, 0) is 4.79 Å². The number of aliphatic hydroxyl groups excluding tert-OH is 1. The molecule has 2 amide bonds. The van der Waals surface area contributed by atoms with Crippen LogP contribution in [0.5, 0.6) is 0 Å². The molecule has 2 aliphatic rings. The van der Waals surface area contributed by atoms with Gasteiger partial charge >= 0.3 is 0 Å². The molecule has 0 spiro atoms. The molecule has 2 aliphatic heterocycles. The standard InChI is InChI=1S/C28H45N3O3/c1-5-20(6-2)18-30(27(34)28(3,4)19-32)13-8-14-31-24-11-12-25(31)17-23(16-24)21-9-7-10-22(15-21)26(29)33/h7,9-10,15,20,23-25,32H,5-6,8,11-14,16-19H2,1-4H3,(H2,29,33)/t23-,24+,25-. The second-order valence-electron chi connectivity index (χ2n) is 11.1. The van der Waals surface area contributed by atoms with Gasteiger partial charge in [0, 0.05) is 37.3 Å². The molecule has 3 atom stereocenters. The molecule has 2 heterocycles. The van der Waals surface area contributed by atoms with Crippen LogP contribution in [0.25, 0.3) is 0 Å². The summed E-state index contributed by atoms with van der Waals surface area (Å²) >= 11 is 0. The van der Waals surface area contributed by atoms with E-state index < -0.39 is 5.41 Å². The van der Waals surface area contributed by atoms with Crippen LogP contribution in [0.15, 0.2) is 24.3 Å². The van der Waals surface area contributed by atoms with Crippen molar-refractivity contribution in [1.82, 2.24) is 9.80 Å². The minimum absolute atomic E-state index is 0.0675. The van der Waals surface area contributed by atoms with E-state index in [2.05, 4.69) is 24.8 Å². The van der Waals surface area contributed by atoms with Crippen LogP contribution in [0, 0.1) is 11.3 Å². The third-order valence-corrected chi connectivity index (χ3v) is 8.27. The lowest BCUT2D eigenvalue weighted by atomic mass is 9.84. The topological polar surface area (TPSA) is 86.9 Å². The normalized spacial score (nSPS) is 22.8. The van der Waals surface area contributed by atoms with Gasteiger partial charge in [0.15, 0.2) is 0 Å². The third kappa shape index (κ3) is 6.19. The zero-order valence-electron chi connectivity index (χ0n) is 21.6. The van der Waals surface area contributed by atoms with Crippen molar-refractivity contribution in [2.45, 2.75) is 90.6 Å². The van der Waals surface area contributed by atoms with Crippen molar-refractivity contribution in [1.29, 1.82) is 0 Å². The number of aliphatic hydroxyl groups is 1. The lowest BCUT2D eigenvalue weighted by Gasteiger charge is -2.40. The molecule has 3 rings (SSSR count). The maximum absolute atomic E-state index is 13.2. The molecule has 0 unspecified atom stereocenters. The molecule has 2 fully saturated rings. The smallest absolute Gasteiger partial charge is 0.248 e. The number of primary amides is 1. The monoisotopic (exact) mass is 471 g/mol. The molecule has 2 saturated heterocycles. The maximum atomic E-state index is 13.2. The summed E-state index contributed by atoms with van der Waals surface area (Å²) in [6, 6.07) is 8.99. The van der Waals surface area contributed by atoms with E-state index in [1.165, 1.54) is 18.4 Å². The Labute approximate surface area is 205 Å². The first-order chi connectivity index (χ1) is 16.2. The van der Waals surface area contributed by atoms with Crippen LogP contribution < -0.4 is 5.73 Å². The average Bonchev–Trinajstić information content (AvgIpc) is 3.07. The van der Waals surface area contributed by atoms with E-state index in [9.17, 15) is 14.7 Å². The highest BCUT2D eigenvalue weighted by atomic mass is 16.3. The quantitative estimate of drug-likeness (QED) is 0.479. The lowest BCUT2D eigenvalue weighted by molar-refractivity contribution is -0.143. The van der Waals surface area contributed by atoms with E-state index in [0.29, 0.717) is 29.5 Å². The molecule has 3 N–H and O–H groups in total. The molecule has 1 aromatic rings. The molecule has 6 heteroatoms. The van der Waals surface area contributed by atoms with E-state index in [1.807, 2.05) is 30.9 Å². The van der Waals surface area contributed by atoms with E-state index in [0.717, 1.165) is 51.7 Å². The van der Waals surface area contributed by atoms with Crippen molar-refractivity contribution in [2.75, 3.05) is 26.2 Å². The van der Waals surface area contributed by atoms with E-state index in [-0.39, 0.29) is 18.4 Å². The number of amides is 2. The van der Waals surface area contributed by atoms with Crippen LogP contribution >= 0.6 is 0 Å². The summed E-state index contributed by atoms with van der Waals surface area (Å²) in [7, 11) is 0. The van der Waals surface area contributed by atoms with Gasteiger partial charge in [0.2, 0.25) is 11.8 Å². The molecular weight excluding hydrogens is 426 g/mol. The number of hydrogen-bond acceptors (Lipinski definition) is 4. The van der Waals surface area contributed by atoms with E-state index >= 15 is 0 Å². The summed E-state index contributed by atoms with van der Waals surface area (Å²) in [5, 5.41) is 9.75. The Balaban J connectivity index is 1.60. The first kappa shape index (κ1) is 26.7. The highest BCUT2D eigenvalue weighted by Crippen LogP contribution is 2.43. The highest BCUT2D eigenvalue weighted by molar-refractivity contribution is 5.92. The molecule has 0 aromatic heterocycles. The predicted octanol–water partition coefficient (Wildman–Crippen LogP) is 4.17. The van der Waals surface area contributed by atoms with Crippen LogP contribution in [0.3, 0.4) is 0 Å². The zero-order chi connectivity index (χ0) is 24.9. The molecule has 34 heavy (non-hydrogen) atoms. The van der Waals surface area contributed by atoms with Gasteiger partial charge in [-0.1, -0.05) is 38.8 Å². The molecule has 0 aliphatic carbocycles. The Morgan fingerprint density at radius 2 is 1.82 bits per heavy atom. The van der Waals surface area contributed by atoms with Gasteiger partial charge in [-0.25, -0.2) is 0 Å². The third-order valence-electron chi connectivity index (χ3n) is 8.27. The highest BCUT2D eigenvalue weighted by Gasteiger charge is 2.41. The summed E-state index contributed by atoms with van der Waals surface area (Å²) in [6.45, 7) is 10.5. The van der Waals surface area contributed by atoms with Gasteiger partial charge in [-0.2, -0.15) is 0 Å². The average molecular weight is 472 g/mol. The molecular formula is C28H45N3O3. The van der Waals surface area contributed by atoms with Crippen molar-refractivity contribution in [3.05, 3.63) is 35.4 Å². The second-order valence-corrected chi connectivity index (χ2v) is 11.1. The van der Waals surface area contributed by atoms with Crippen LogP contribution in [0.1, 0.15) is 94.5 Å². The van der Waals surface area contributed by atoms with Crippen molar-refractivity contribution < 1.29 is 14.7 Å². The van der Waals surface area contributed by atoms with Gasteiger partial charge in [0.05, 0.1) is 12.0 Å². The number of hydrogen-bond donors (Lipinski definition) is 2. The maximum Gasteiger partial charge on any atom is 0.248 e. The van der Waals surface area contributed by atoms with Gasteiger partial charge in [-0.05, 0) is 75.5 Å². The van der Waals surface area contributed by atoms with Crippen molar-refractivity contribution in [3.8, 4) is 0 Å². The Bertz CT molecular complexity index is 822. The van der Waals surface area contributed by atoms with Gasteiger partial charge in [0.1, 0.15) is 0 Å². The number of carbonyl (C=O) groups is 2. The van der Waals surface area contributed by atoms with Gasteiger partial charge < -0.3 is 15.7 Å². The first-order valence-corrected chi connectivity index (χ1v) is 13.3. The summed E-state index contributed by atoms with van der Waals surface area (Å²) in [5.74, 6) is 0.685. The van der Waals surface area contributed by atoms with E-state index in [1.54, 1.807) is 6.07 Å². The lowest BCUT2D eigenvalue weighted by Crippen LogP contribution is -2.47. The fraction of sp³-hybridized carbons (Fsp3) is 0.714. The van der Waals surface area contributed by atoms with Gasteiger partial charge in [-0.15, -0.1) is 0 Å². The molecule has 1 aromatic carbocycles. The van der Waals surface area contributed by atoms with Gasteiger partial charge in [0.25, 0.3) is 0 Å². The summed E-state index contributed by atoms with van der Waals surface area (Å²) < 4.78 is 0. The molecule has 190 valence electrons. The molecule has 2 bridgehead atoms. The number of carbonyl (C=O) groups excluding carboxylic acids is 2. The number of rotatable bonds is 12. The molecule has 0 saturated carbocycles. The number of nitrogens with two attached hydrogens (primary N) is 1. The first-order valence-electron chi connectivity index (χ1n) is 13.3. The number of piperidine rings is 1. The largest absolute Gasteiger partial charge is 0.395 e. The van der Waals surface area contributed by atoms with Crippen LogP contribution in [-0.4, -0.2) is 65.0 Å². The van der Waals surface area contributed by atoms with Gasteiger partial charge in [-0.3, -0.25) is 14.5 Å². The van der Waals surface area contributed by atoms with E-state index in [4.69, 9.17) is 5.73 Å². The minimum atomic E-state index is -0.733. The number of benzene rings is 1. The Hall–Kier alpha value is -1.92. The summed E-state index contributed by atoms with van der Waals surface area (Å²) in [5.41, 5.74) is 6.60. The Morgan fingerprint density at radius 1 is 1.18 bits per heavy atom. The predicted molar refractivity (Wildman–Crippen MR) is 137 cm³/mol. The number of nitrogens with zero attached hydrogens (tertiary/aromatic N) is 2. The van der Waals surface area contributed by atoms with Crippen molar-refractivity contribution in [2.24, 2.45) is 17.1 Å². The van der Waals surface area contributed by atoms with Crippen LogP contribution in [0.2, 0.25) is 0 Å².